The fraction of sp³-hybridized carbons (Fsp3) is 0.500. The van der Waals surface area contributed by atoms with Crippen molar-refractivity contribution in [3.63, 3.8) is 0 Å². The topological polar surface area (TPSA) is 97.2 Å². The molecular formula is C18H25N5O3S. The van der Waals surface area contributed by atoms with Crippen LogP contribution in [0.25, 0.3) is 5.69 Å². The van der Waals surface area contributed by atoms with Crippen LogP contribution in [0.15, 0.2) is 36.9 Å². The summed E-state index contributed by atoms with van der Waals surface area (Å²) < 4.78 is 27.8. The van der Waals surface area contributed by atoms with Crippen LogP contribution in [0.2, 0.25) is 0 Å². The summed E-state index contributed by atoms with van der Waals surface area (Å²) in [5, 5.41) is 7.04. The average Bonchev–Trinajstić information content (AvgIpc) is 3.34. The Morgan fingerprint density at radius 1 is 1.33 bits per heavy atom. The molecule has 1 aromatic carbocycles. The summed E-state index contributed by atoms with van der Waals surface area (Å²) in [4.78, 5) is 16.6. The minimum absolute atomic E-state index is 0.0794. The first-order chi connectivity index (χ1) is 12.9. The molecule has 1 aliphatic rings. The van der Waals surface area contributed by atoms with E-state index in [0.717, 1.165) is 11.3 Å². The molecule has 2 unspecified atom stereocenters. The molecule has 0 radical (unpaired) electrons. The number of carbonyl (C=O) groups excluding carboxylic acids is 1. The summed E-state index contributed by atoms with van der Waals surface area (Å²) in [7, 11) is -3.38. The van der Waals surface area contributed by atoms with E-state index < -0.39 is 16.1 Å². The fourth-order valence-electron chi connectivity index (χ4n) is 3.36. The van der Waals surface area contributed by atoms with Crippen LogP contribution in [-0.4, -0.2) is 51.7 Å². The number of nitrogens with zero attached hydrogens (tertiary/aromatic N) is 4. The SMILES string of the molecule is CCCS(=O)(=O)N1CCCC1C(=O)NC(C)c1ccc(-n2cncn2)cc1. The summed E-state index contributed by atoms with van der Waals surface area (Å²) in [6.07, 6.45) is 4.90. The lowest BCUT2D eigenvalue weighted by molar-refractivity contribution is -0.124. The molecule has 2 heterocycles. The normalized spacial score (nSPS) is 19.1. The first-order valence-electron chi connectivity index (χ1n) is 9.17. The van der Waals surface area contributed by atoms with E-state index in [1.165, 1.54) is 10.6 Å². The lowest BCUT2D eigenvalue weighted by Crippen LogP contribution is -2.47. The molecule has 2 aromatic rings. The number of hydrogen-bond acceptors (Lipinski definition) is 5. The number of rotatable bonds is 7. The van der Waals surface area contributed by atoms with E-state index >= 15 is 0 Å². The van der Waals surface area contributed by atoms with Gasteiger partial charge in [0.15, 0.2) is 0 Å². The van der Waals surface area contributed by atoms with E-state index in [1.807, 2.05) is 38.1 Å². The van der Waals surface area contributed by atoms with Crippen molar-refractivity contribution in [2.24, 2.45) is 0 Å². The second-order valence-corrected chi connectivity index (χ2v) is 8.79. The largest absolute Gasteiger partial charge is 0.348 e. The molecule has 27 heavy (non-hydrogen) atoms. The summed E-state index contributed by atoms with van der Waals surface area (Å²) in [5.41, 5.74) is 1.82. The summed E-state index contributed by atoms with van der Waals surface area (Å²) >= 11 is 0. The maximum atomic E-state index is 12.7. The van der Waals surface area contributed by atoms with Crippen molar-refractivity contribution in [1.82, 2.24) is 24.4 Å². The van der Waals surface area contributed by atoms with Crippen LogP contribution in [0.1, 0.15) is 44.7 Å². The molecule has 3 rings (SSSR count). The van der Waals surface area contributed by atoms with Crippen molar-refractivity contribution in [2.75, 3.05) is 12.3 Å². The Kier molecular flexibility index (Phi) is 5.91. The number of aromatic nitrogens is 3. The van der Waals surface area contributed by atoms with Crippen LogP contribution >= 0.6 is 0 Å². The number of nitrogens with one attached hydrogen (secondary N) is 1. The van der Waals surface area contributed by atoms with Crippen molar-refractivity contribution >= 4 is 15.9 Å². The minimum atomic E-state index is -3.38. The van der Waals surface area contributed by atoms with Gasteiger partial charge in [-0.15, -0.1) is 0 Å². The molecule has 9 heteroatoms. The van der Waals surface area contributed by atoms with Gasteiger partial charge < -0.3 is 5.32 Å². The highest BCUT2D eigenvalue weighted by molar-refractivity contribution is 7.89. The molecule has 146 valence electrons. The number of amides is 1. The third-order valence-corrected chi connectivity index (χ3v) is 6.84. The number of carbonyl (C=O) groups is 1. The second kappa shape index (κ2) is 8.18. The Hall–Kier alpha value is -2.26. The quantitative estimate of drug-likeness (QED) is 0.774. The van der Waals surface area contributed by atoms with Crippen LogP contribution in [0.5, 0.6) is 0 Å². The number of hydrogen-bond donors (Lipinski definition) is 1. The Morgan fingerprint density at radius 2 is 2.07 bits per heavy atom. The van der Waals surface area contributed by atoms with Crippen LogP contribution in [-0.2, 0) is 14.8 Å². The van der Waals surface area contributed by atoms with E-state index in [0.29, 0.717) is 25.8 Å². The molecule has 1 saturated heterocycles. The molecule has 1 aromatic heterocycles. The maximum absolute atomic E-state index is 12.7. The average molecular weight is 391 g/mol. The Labute approximate surface area is 159 Å². The molecule has 1 fully saturated rings. The van der Waals surface area contributed by atoms with Crippen molar-refractivity contribution < 1.29 is 13.2 Å². The summed E-state index contributed by atoms with van der Waals surface area (Å²) in [5.74, 6) is -0.157. The minimum Gasteiger partial charge on any atom is -0.348 e. The van der Waals surface area contributed by atoms with Gasteiger partial charge in [0.1, 0.15) is 18.7 Å². The van der Waals surface area contributed by atoms with Gasteiger partial charge in [0.2, 0.25) is 15.9 Å². The molecule has 8 nitrogen and oxygen atoms in total. The van der Waals surface area contributed by atoms with E-state index in [4.69, 9.17) is 0 Å². The standard InChI is InChI=1S/C18H25N5O3S/c1-3-11-27(25,26)23-10-4-5-17(23)18(24)21-14(2)15-6-8-16(9-7-15)22-13-19-12-20-22/h6-9,12-14,17H,3-5,10-11H2,1-2H3,(H,21,24). The molecule has 1 amide bonds. The van der Waals surface area contributed by atoms with Crippen LogP contribution < -0.4 is 5.32 Å². The van der Waals surface area contributed by atoms with Gasteiger partial charge in [-0.2, -0.15) is 9.40 Å². The lowest BCUT2D eigenvalue weighted by Gasteiger charge is -2.25. The van der Waals surface area contributed by atoms with Gasteiger partial charge in [-0.25, -0.2) is 18.1 Å². The maximum Gasteiger partial charge on any atom is 0.238 e. The summed E-state index contributed by atoms with van der Waals surface area (Å²) in [6, 6.07) is 6.81. The summed E-state index contributed by atoms with van der Waals surface area (Å²) in [6.45, 7) is 4.14. The molecular weight excluding hydrogens is 366 g/mol. The number of sulfonamides is 1. The van der Waals surface area contributed by atoms with Crippen molar-refractivity contribution in [2.45, 2.75) is 45.2 Å². The monoisotopic (exact) mass is 391 g/mol. The molecule has 0 aliphatic carbocycles. The van der Waals surface area contributed by atoms with Crippen LogP contribution in [0.4, 0.5) is 0 Å². The van der Waals surface area contributed by atoms with Crippen molar-refractivity contribution in [3.8, 4) is 5.69 Å². The van der Waals surface area contributed by atoms with Crippen molar-refractivity contribution in [3.05, 3.63) is 42.5 Å². The fourth-order valence-corrected chi connectivity index (χ4v) is 5.11. The van der Waals surface area contributed by atoms with Gasteiger partial charge in [0.05, 0.1) is 17.5 Å². The first kappa shape index (κ1) is 19.5. The van der Waals surface area contributed by atoms with Gasteiger partial charge >= 0.3 is 0 Å². The Balaban J connectivity index is 1.66. The van der Waals surface area contributed by atoms with Crippen molar-refractivity contribution in [1.29, 1.82) is 0 Å². The molecule has 0 saturated carbocycles. The smallest absolute Gasteiger partial charge is 0.238 e. The van der Waals surface area contributed by atoms with Gasteiger partial charge in [-0.3, -0.25) is 4.79 Å². The van der Waals surface area contributed by atoms with E-state index in [1.54, 1.807) is 11.0 Å². The third kappa shape index (κ3) is 4.36. The zero-order valence-corrected chi connectivity index (χ0v) is 16.4. The molecule has 2 atom stereocenters. The van der Waals surface area contributed by atoms with Gasteiger partial charge in [-0.1, -0.05) is 19.1 Å². The third-order valence-electron chi connectivity index (χ3n) is 4.76. The molecule has 0 bridgehead atoms. The molecule has 1 N–H and O–H groups in total. The Bertz CT molecular complexity index is 865. The number of benzene rings is 1. The van der Waals surface area contributed by atoms with E-state index in [-0.39, 0.29) is 17.7 Å². The van der Waals surface area contributed by atoms with Crippen LogP contribution in [0, 0.1) is 0 Å². The van der Waals surface area contributed by atoms with E-state index in [9.17, 15) is 13.2 Å². The van der Waals surface area contributed by atoms with Gasteiger partial charge in [0.25, 0.3) is 0 Å². The first-order valence-corrected chi connectivity index (χ1v) is 10.8. The van der Waals surface area contributed by atoms with Gasteiger partial charge in [-0.05, 0) is 43.9 Å². The highest BCUT2D eigenvalue weighted by Crippen LogP contribution is 2.23. The second-order valence-electron chi connectivity index (χ2n) is 6.75. The predicted octanol–water partition coefficient (Wildman–Crippen LogP) is 1.65. The predicted molar refractivity (Wildman–Crippen MR) is 102 cm³/mol. The molecule has 0 spiro atoms. The highest BCUT2D eigenvalue weighted by Gasteiger charge is 2.38. The van der Waals surface area contributed by atoms with Crippen LogP contribution in [0.3, 0.4) is 0 Å². The highest BCUT2D eigenvalue weighted by atomic mass is 32.2. The van der Waals surface area contributed by atoms with E-state index in [2.05, 4.69) is 15.4 Å². The van der Waals surface area contributed by atoms with Gasteiger partial charge in [0, 0.05) is 6.54 Å². The molecule has 1 aliphatic heterocycles. The zero-order valence-electron chi connectivity index (χ0n) is 15.6. The zero-order chi connectivity index (χ0) is 19.4. The lowest BCUT2D eigenvalue weighted by atomic mass is 10.1. The Morgan fingerprint density at radius 3 is 2.70 bits per heavy atom.